The largest absolute Gasteiger partial charge is 0.453 e. The molecule has 10 heteroatoms. The average molecular weight is 457 g/mol. The van der Waals surface area contributed by atoms with Crippen molar-refractivity contribution in [3.05, 3.63) is 53.3 Å². The van der Waals surface area contributed by atoms with E-state index in [-0.39, 0.29) is 11.7 Å². The number of fused-ring (bicyclic) bond motifs is 1. The number of hydrogen-bond donors (Lipinski definition) is 2. The first kappa shape index (κ1) is 24.9. The molecule has 170 valence electrons. The number of halogens is 4. The van der Waals surface area contributed by atoms with Gasteiger partial charge in [0.1, 0.15) is 5.82 Å². The Morgan fingerprint density at radius 3 is 2.19 bits per heavy atom. The first-order valence-corrected chi connectivity index (χ1v) is 10.7. The molecule has 4 rings (SSSR count). The van der Waals surface area contributed by atoms with Gasteiger partial charge in [-0.25, -0.2) is 0 Å². The molecular formula is C21H28ClF3N6. The van der Waals surface area contributed by atoms with Crippen molar-refractivity contribution in [3.8, 4) is 0 Å². The molecule has 1 aliphatic carbocycles. The summed E-state index contributed by atoms with van der Waals surface area (Å²) in [4.78, 5) is 0. The third-order valence-electron chi connectivity index (χ3n) is 4.78. The van der Waals surface area contributed by atoms with E-state index < -0.39 is 12.0 Å². The van der Waals surface area contributed by atoms with Crippen LogP contribution in [0, 0.1) is 5.92 Å². The fourth-order valence-corrected chi connectivity index (χ4v) is 3.35. The van der Waals surface area contributed by atoms with Gasteiger partial charge in [-0.3, -0.25) is 0 Å². The quantitative estimate of drug-likeness (QED) is 0.548. The van der Waals surface area contributed by atoms with E-state index in [1.807, 2.05) is 44.2 Å². The third-order valence-corrected chi connectivity index (χ3v) is 5.03. The van der Waals surface area contributed by atoms with Gasteiger partial charge in [-0.2, -0.15) is 17.7 Å². The molecule has 0 unspecified atom stereocenters. The van der Waals surface area contributed by atoms with Crippen LogP contribution in [0.25, 0.3) is 5.65 Å². The number of nitrogens with zero attached hydrogens (tertiary/aromatic N) is 4. The molecule has 31 heavy (non-hydrogen) atoms. The fraction of sp³-hybridized carbons (Fsp3) is 0.476. The van der Waals surface area contributed by atoms with Gasteiger partial charge in [0.25, 0.3) is 5.82 Å². The fourth-order valence-electron chi connectivity index (χ4n) is 3.21. The summed E-state index contributed by atoms with van der Waals surface area (Å²) in [6, 6.07) is 12.8. The minimum atomic E-state index is -4.58. The van der Waals surface area contributed by atoms with Gasteiger partial charge in [0, 0.05) is 11.1 Å². The molecule has 1 saturated carbocycles. The Morgan fingerprint density at radius 2 is 1.68 bits per heavy atom. The second-order valence-corrected chi connectivity index (χ2v) is 7.34. The Balaban J connectivity index is 0.000000319. The Morgan fingerprint density at radius 1 is 1.03 bits per heavy atom. The van der Waals surface area contributed by atoms with E-state index in [0.29, 0.717) is 18.3 Å². The van der Waals surface area contributed by atoms with Gasteiger partial charge in [-0.05, 0) is 62.4 Å². The molecule has 0 amide bonds. The molecule has 6 nitrogen and oxygen atoms in total. The van der Waals surface area contributed by atoms with Crippen LogP contribution in [0.1, 0.15) is 45.4 Å². The van der Waals surface area contributed by atoms with Crippen LogP contribution >= 0.6 is 11.6 Å². The number of benzene rings is 1. The minimum absolute atomic E-state index is 0.0738. The summed E-state index contributed by atoms with van der Waals surface area (Å²) < 4.78 is 39.2. The predicted octanol–water partition coefficient (Wildman–Crippen LogP) is 5.44. The van der Waals surface area contributed by atoms with Gasteiger partial charge in [-0.15, -0.1) is 15.3 Å². The molecule has 3 aromatic rings. The molecule has 0 spiro atoms. The van der Waals surface area contributed by atoms with Crippen molar-refractivity contribution in [1.82, 2.24) is 19.8 Å². The van der Waals surface area contributed by atoms with Crippen LogP contribution in [-0.4, -0.2) is 32.4 Å². The van der Waals surface area contributed by atoms with E-state index in [2.05, 4.69) is 20.6 Å². The summed E-state index contributed by atoms with van der Waals surface area (Å²) in [7, 11) is 0. The van der Waals surface area contributed by atoms with Crippen molar-refractivity contribution in [1.29, 1.82) is 0 Å². The number of nitrogens with two attached hydrogens (primary N) is 1. The molecule has 0 radical (unpaired) electrons. The summed E-state index contributed by atoms with van der Waals surface area (Å²) in [5, 5.41) is 14.6. The summed E-state index contributed by atoms with van der Waals surface area (Å²) in [6.07, 6.45) is -0.649. The van der Waals surface area contributed by atoms with Gasteiger partial charge in [0.2, 0.25) is 0 Å². The van der Waals surface area contributed by atoms with E-state index in [4.69, 9.17) is 17.3 Å². The Kier molecular flexibility index (Phi) is 9.51. The van der Waals surface area contributed by atoms with Crippen LogP contribution in [-0.2, 0) is 6.18 Å². The Hall–Kier alpha value is -2.39. The highest BCUT2D eigenvalue weighted by Crippen LogP contribution is 2.28. The highest BCUT2D eigenvalue weighted by Gasteiger charge is 2.37. The first-order valence-electron chi connectivity index (χ1n) is 10.3. The van der Waals surface area contributed by atoms with Crippen molar-refractivity contribution < 1.29 is 13.2 Å². The first-order chi connectivity index (χ1) is 14.9. The van der Waals surface area contributed by atoms with Gasteiger partial charge >= 0.3 is 6.18 Å². The molecule has 2 heterocycles. The zero-order chi connectivity index (χ0) is 22.9. The predicted molar refractivity (Wildman–Crippen MR) is 117 cm³/mol. The molecular weight excluding hydrogens is 429 g/mol. The Bertz CT molecular complexity index is 908. The zero-order valence-corrected chi connectivity index (χ0v) is 18.4. The summed E-state index contributed by atoms with van der Waals surface area (Å²) in [6.45, 7) is 4.69. The van der Waals surface area contributed by atoms with E-state index in [0.717, 1.165) is 35.2 Å². The highest BCUT2D eigenvalue weighted by molar-refractivity contribution is 6.30. The van der Waals surface area contributed by atoms with E-state index in [1.165, 1.54) is 6.07 Å². The Labute approximate surface area is 185 Å². The lowest BCUT2D eigenvalue weighted by Crippen LogP contribution is -2.29. The minimum Gasteiger partial charge on any atom is -0.366 e. The van der Waals surface area contributed by atoms with Crippen LogP contribution < -0.4 is 11.1 Å². The molecule has 0 saturated heterocycles. The van der Waals surface area contributed by atoms with Crippen molar-refractivity contribution in [2.75, 3.05) is 11.9 Å². The molecule has 1 fully saturated rings. The van der Waals surface area contributed by atoms with Gasteiger partial charge < -0.3 is 11.1 Å². The molecule has 0 aliphatic heterocycles. The highest BCUT2D eigenvalue weighted by atomic mass is 35.5. The second-order valence-electron chi connectivity index (χ2n) is 6.90. The third kappa shape index (κ3) is 7.36. The summed E-state index contributed by atoms with van der Waals surface area (Å²) >= 11 is 5.54. The van der Waals surface area contributed by atoms with Gasteiger partial charge in [-0.1, -0.05) is 43.6 Å². The summed E-state index contributed by atoms with van der Waals surface area (Å²) in [5.41, 5.74) is 5.73. The lowest BCUT2D eigenvalue weighted by molar-refractivity contribution is -0.146. The zero-order valence-electron chi connectivity index (χ0n) is 17.6. The van der Waals surface area contributed by atoms with Crippen LogP contribution in [0.5, 0.6) is 0 Å². The standard InChI is InChI=1S/C13H17F3N6.C6H5Cl.C2H6/c14-13(15,16)12-20-19-11-6-5-10(21-22(11)12)18-9-3-1-8(7-17)2-4-9;7-6-4-2-1-3-5-6;1-2/h5-6,8-9H,1-4,7,17H2,(H,18,21);1-5H;1-2H3. The normalized spacial score (nSPS) is 18.4. The molecule has 0 atom stereocenters. The molecule has 0 bridgehead atoms. The number of rotatable bonds is 3. The lowest BCUT2D eigenvalue weighted by Gasteiger charge is -2.28. The van der Waals surface area contributed by atoms with Crippen molar-refractivity contribution in [2.24, 2.45) is 11.7 Å². The van der Waals surface area contributed by atoms with E-state index >= 15 is 0 Å². The van der Waals surface area contributed by atoms with Crippen molar-refractivity contribution in [2.45, 2.75) is 51.7 Å². The van der Waals surface area contributed by atoms with Gasteiger partial charge in [0.05, 0.1) is 0 Å². The molecule has 3 N–H and O–H groups in total. The van der Waals surface area contributed by atoms with Crippen molar-refractivity contribution in [3.63, 3.8) is 0 Å². The maximum Gasteiger partial charge on any atom is 0.453 e. The number of aromatic nitrogens is 4. The van der Waals surface area contributed by atoms with Crippen LogP contribution in [0.3, 0.4) is 0 Å². The topological polar surface area (TPSA) is 81.1 Å². The van der Waals surface area contributed by atoms with Crippen molar-refractivity contribution >= 4 is 23.1 Å². The number of hydrogen-bond acceptors (Lipinski definition) is 5. The maximum atomic E-state index is 12.8. The van der Waals surface area contributed by atoms with Crippen LogP contribution in [0.2, 0.25) is 5.02 Å². The molecule has 2 aromatic heterocycles. The summed E-state index contributed by atoms with van der Waals surface area (Å²) in [5.74, 6) is -0.171. The number of nitrogens with one attached hydrogen (secondary N) is 1. The SMILES string of the molecule is CC.Clc1ccccc1.NCC1CCC(Nc2ccc3nnc(C(F)(F)F)n3n2)CC1. The lowest BCUT2D eigenvalue weighted by atomic mass is 9.86. The molecule has 1 aromatic carbocycles. The van der Waals surface area contributed by atoms with E-state index in [1.54, 1.807) is 6.07 Å². The van der Waals surface area contributed by atoms with Gasteiger partial charge in [0.15, 0.2) is 5.65 Å². The average Bonchev–Trinajstić information content (AvgIpc) is 3.21. The van der Waals surface area contributed by atoms with Crippen LogP contribution in [0.4, 0.5) is 19.0 Å². The number of anilines is 1. The monoisotopic (exact) mass is 456 g/mol. The van der Waals surface area contributed by atoms with E-state index in [9.17, 15) is 13.2 Å². The molecule has 1 aliphatic rings. The smallest absolute Gasteiger partial charge is 0.366 e. The maximum absolute atomic E-state index is 12.8. The van der Waals surface area contributed by atoms with Crippen LogP contribution in [0.15, 0.2) is 42.5 Å². The second kappa shape index (κ2) is 11.9. The number of alkyl halides is 3.